The zero-order valence-corrected chi connectivity index (χ0v) is 11.5. The number of hydrogen-bond donors (Lipinski definition) is 3. The number of rotatable bonds is 6. The molecule has 1 unspecified atom stereocenters. The van der Waals surface area contributed by atoms with Gasteiger partial charge in [-0.3, -0.25) is 4.79 Å². The molecule has 0 saturated carbocycles. The molecular weight excluding hydrogens is 258 g/mol. The lowest BCUT2D eigenvalue weighted by molar-refractivity contribution is -0.138. The van der Waals surface area contributed by atoms with Crippen LogP contribution < -0.4 is 10.5 Å². The number of carboxylic acids is 1. The fraction of sp³-hybridized carbons (Fsp3) is 0.900. The molecule has 0 spiro atoms. The Balaban J connectivity index is 2.53. The van der Waals surface area contributed by atoms with E-state index in [4.69, 9.17) is 10.8 Å². The Hall–Kier alpha value is -0.700. The Kier molecular flexibility index (Phi) is 4.71. The first-order chi connectivity index (χ1) is 8.17. The lowest BCUT2D eigenvalue weighted by Gasteiger charge is -2.30. The van der Waals surface area contributed by atoms with Crippen LogP contribution in [-0.2, 0) is 15.0 Å². The van der Waals surface area contributed by atoms with Gasteiger partial charge in [-0.15, -0.1) is 0 Å². The van der Waals surface area contributed by atoms with Crippen molar-refractivity contribution < 1.29 is 18.3 Å². The number of nitrogens with one attached hydrogen (secondary N) is 1. The number of nitrogens with zero attached hydrogens (tertiary/aromatic N) is 1. The van der Waals surface area contributed by atoms with Gasteiger partial charge in [0.2, 0.25) is 0 Å². The number of carboxylic acid groups (broad SMARTS) is 1. The molecule has 1 aliphatic heterocycles. The lowest BCUT2D eigenvalue weighted by atomic mass is 10.0. The Morgan fingerprint density at radius 2 is 2.17 bits per heavy atom. The highest BCUT2D eigenvalue weighted by Gasteiger charge is 2.39. The SMILES string of the molecule is CC1(C)CCCN1S(=O)(=O)NCCC(N)C(=O)O. The summed E-state index contributed by atoms with van der Waals surface area (Å²) in [6.07, 6.45) is 1.73. The normalized spacial score (nSPS) is 21.9. The van der Waals surface area contributed by atoms with E-state index in [1.807, 2.05) is 13.8 Å². The number of aliphatic carboxylic acids is 1. The molecule has 106 valence electrons. The van der Waals surface area contributed by atoms with Crippen LogP contribution in [0.15, 0.2) is 0 Å². The van der Waals surface area contributed by atoms with E-state index in [-0.39, 0.29) is 18.5 Å². The molecule has 8 heteroatoms. The highest BCUT2D eigenvalue weighted by molar-refractivity contribution is 7.87. The second kappa shape index (κ2) is 5.52. The third-order valence-electron chi connectivity index (χ3n) is 3.17. The third-order valence-corrected chi connectivity index (χ3v) is 5.00. The maximum absolute atomic E-state index is 12.0. The van der Waals surface area contributed by atoms with E-state index < -0.39 is 22.2 Å². The third kappa shape index (κ3) is 3.64. The Bertz CT molecular complexity index is 407. The van der Waals surface area contributed by atoms with Gasteiger partial charge in [0.05, 0.1) is 0 Å². The lowest BCUT2D eigenvalue weighted by Crippen LogP contribution is -2.49. The monoisotopic (exact) mass is 279 g/mol. The summed E-state index contributed by atoms with van der Waals surface area (Å²) in [6, 6.07) is -1.04. The van der Waals surface area contributed by atoms with Gasteiger partial charge < -0.3 is 10.8 Å². The van der Waals surface area contributed by atoms with Gasteiger partial charge in [-0.25, -0.2) is 4.72 Å². The molecule has 18 heavy (non-hydrogen) atoms. The summed E-state index contributed by atoms with van der Waals surface area (Å²) in [5, 5.41) is 8.59. The second-order valence-corrected chi connectivity index (χ2v) is 6.80. The van der Waals surface area contributed by atoms with Crippen molar-refractivity contribution >= 4 is 16.2 Å². The van der Waals surface area contributed by atoms with Crippen molar-refractivity contribution in [3.8, 4) is 0 Å². The molecule has 0 amide bonds. The van der Waals surface area contributed by atoms with E-state index in [9.17, 15) is 13.2 Å². The Morgan fingerprint density at radius 1 is 1.56 bits per heavy atom. The largest absolute Gasteiger partial charge is 0.480 e. The van der Waals surface area contributed by atoms with E-state index in [0.717, 1.165) is 12.8 Å². The summed E-state index contributed by atoms with van der Waals surface area (Å²) < 4.78 is 27.9. The van der Waals surface area contributed by atoms with Crippen molar-refractivity contribution in [1.82, 2.24) is 9.03 Å². The highest BCUT2D eigenvalue weighted by atomic mass is 32.2. The standard InChI is InChI=1S/C10H21N3O4S/c1-10(2)5-3-7-13(10)18(16,17)12-6-4-8(11)9(14)15/h8,12H,3-7,11H2,1-2H3,(H,14,15). The quantitative estimate of drug-likeness (QED) is 0.606. The first-order valence-corrected chi connectivity index (χ1v) is 7.37. The van der Waals surface area contributed by atoms with E-state index in [1.165, 1.54) is 4.31 Å². The van der Waals surface area contributed by atoms with Gasteiger partial charge in [0.25, 0.3) is 10.2 Å². The summed E-state index contributed by atoms with van der Waals surface area (Å²) in [6.45, 7) is 4.28. The summed E-state index contributed by atoms with van der Waals surface area (Å²) in [4.78, 5) is 10.5. The molecule has 0 aromatic heterocycles. The van der Waals surface area contributed by atoms with Gasteiger partial charge in [0, 0.05) is 18.6 Å². The molecule has 0 bridgehead atoms. The zero-order valence-electron chi connectivity index (χ0n) is 10.7. The van der Waals surface area contributed by atoms with E-state index in [0.29, 0.717) is 6.54 Å². The van der Waals surface area contributed by atoms with Crippen molar-refractivity contribution in [2.24, 2.45) is 5.73 Å². The van der Waals surface area contributed by atoms with Crippen LogP contribution in [0.4, 0.5) is 0 Å². The summed E-state index contributed by atoms with van der Waals surface area (Å²) in [5.74, 6) is -1.13. The average molecular weight is 279 g/mol. The summed E-state index contributed by atoms with van der Waals surface area (Å²) >= 11 is 0. The first kappa shape index (κ1) is 15.4. The molecule has 0 aromatic rings. The van der Waals surface area contributed by atoms with Gasteiger partial charge in [-0.2, -0.15) is 12.7 Å². The molecule has 1 rings (SSSR count). The molecule has 0 aromatic carbocycles. The van der Waals surface area contributed by atoms with E-state index in [2.05, 4.69) is 4.72 Å². The van der Waals surface area contributed by atoms with Crippen LogP contribution in [0.1, 0.15) is 33.1 Å². The molecule has 1 heterocycles. The predicted molar refractivity (Wildman–Crippen MR) is 67.2 cm³/mol. The van der Waals surface area contributed by atoms with Crippen molar-refractivity contribution in [3.05, 3.63) is 0 Å². The topological polar surface area (TPSA) is 113 Å². The molecule has 1 saturated heterocycles. The minimum Gasteiger partial charge on any atom is -0.480 e. The minimum absolute atomic E-state index is 0.0301. The molecule has 0 aliphatic carbocycles. The average Bonchev–Trinajstić information content (AvgIpc) is 2.58. The van der Waals surface area contributed by atoms with Gasteiger partial charge in [0.1, 0.15) is 6.04 Å². The number of nitrogens with two attached hydrogens (primary N) is 1. The van der Waals surface area contributed by atoms with Crippen LogP contribution in [-0.4, -0.2) is 48.5 Å². The Labute approximate surface area is 108 Å². The fourth-order valence-electron chi connectivity index (χ4n) is 2.07. The highest BCUT2D eigenvalue weighted by Crippen LogP contribution is 2.30. The van der Waals surface area contributed by atoms with Crippen molar-refractivity contribution in [2.75, 3.05) is 13.1 Å². The maximum atomic E-state index is 12.0. The van der Waals surface area contributed by atoms with E-state index in [1.54, 1.807) is 0 Å². The van der Waals surface area contributed by atoms with Gasteiger partial charge in [-0.05, 0) is 33.1 Å². The first-order valence-electron chi connectivity index (χ1n) is 5.92. The molecule has 0 radical (unpaired) electrons. The fourth-order valence-corrected chi connectivity index (χ4v) is 3.72. The zero-order chi connectivity index (χ0) is 14.0. The van der Waals surface area contributed by atoms with Crippen molar-refractivity contribution in [1.29, 1.82) is 0 Å². The number of carbonyl (C=O) groups is 1. The molecule has 1 fully saturated rings. The summed E-state index contributed by atoms with van der Waals surface area (Å²) in [5.41, 5.74) is 4.92. The van der Waals surface area contributed by atoms with Crippen molar-refractivity contribution in [2.45, 2.75) is 44.7 Å². The van der Waals surface area contributed by atoms with Crippen LogP contribution in [0, 0.1) is 0 Å². The van der Waals surface area contributed by atoms with Gasteiger partial charge >= 0.3 is 5.97 Å². The van der Waals surface area contributed by atoms with Crippen LogP contribution in [0.2, 0.25) is 0 Å². The second-order valence-electron chi connectivity index (χ2n) is 5.12. The molecule has 1 atom stereocenters. The van der Waals surface area contributed by atoms with Crippen LogP contribution in [0.25, 0.3) is 0 Å². The maximum Gasteiger partial charge on any atom is 0.320 e. The molecule has 4 N–H and O–H groups in total. The molecule has 1 aliphatic rings. The van der Waals surface area contributed by atoms with Crippen molar-refractivity contribution in [3.63, 3.8) is 0 Å². The molecule has 7 nitrogen and oxygen atoms in total. The smallest absolute Gasteiger partial charge is 0.320 e. The van der Waals surface area contributed by atoms with Crippen LogP contribution >= 0.6 is 0 Å². The van der Waals surface area contributed by atoms with Gasteiger partial charge in [-0.1, -0.05) is 0 Å². The van der Waals surface area contributed by atoms with Crippen LogP contribution in [0.3, 0.4) is 0 Å². The molecular formula is C10H21N3O4S. The van der Waals surface area contributed by atoms with Crippen LogP contribution in [0.5, 0.6) is 0 Å². The van der Waals surface area contributed by atoms with E-state index >= 15 is 0 Å². The minimum atomic E-state index is -3.55. The summed E-state index contributed by atoms with van der Waals surface area (Å²) in [7, 11) is -3.55. The van der Waals surface area contributed by atoms with Gasteiger partial charge in [0.15, 0.2) is 0 Å². The Morgan fingerprint density at radius 3 is 2.61 bits per heavy atom. The number of hydrogen-bond acceptors (Lipinski definition) is 4. The predicted octanol–water partition coefficient (Wildman–Crippen LogP) is -0.503.